The summed E-state index contributed by atoms with van der Waals surface area (Å²) in [6.45, 7) is 6.28. The van der Waals surface area contributed by atoms with E-state index in [1.54, 1.807) is 11.8 Å². The Labute approximate surface area is 65.8 Å². The number of hydrogen-bond donors (Lipinski definition) is 1. The Bertz CT molecular complexity index is 150. The first kappa shape index (κ1) is 7.92. The molecule has 0 radical (unpaired) electrons. The van der Waals surface area contributed by atoms with Gasteiger partial charge in [0.05, 0.1) is 11.1 Å². The molecule has 1 heterocycles. The van der Waals surface area contributed by atoms with Gasteiger partial charge >= 0.3 is 0 Å². The molecule has 0 bridgehead atoms. The van der Waals surface area contributed by atoms with Gasteiger partial charge in [-0.15, -0.1) is 11.8 Å². The van der Waals surface area contributed by atoms with E-state index in [1.807, 2.05) is 0 Å². The molecule has 1 N–H and O–H groups in total. The number of rotatable bonds is 0. The van der Waals surface area contributed by atoms with Gasteiger partial charge in [-0.1, -0.05) is 20.8 Å². The van der Waals surface area contributed by atoms with E-state index in [0.717, 1.165) is 5.88 Å². The molecular formula is C7H13NOS. The molecule has 0 aromatic rings. The van der Waals surface area contributed by atoms with E-state index in [-0.39, 0.29) is 16.6 Å². The molecular weight excluding hydrogens is 146 g/mol. The third kappa shape index (κ3) is 1.45. The van der Waals surface area contributed by atoms with Crippen LogP contribution in [-0.2, 0) is 4.79 Å². The zero-order valence-corrected chi connectivity index (χ0v) is 7.42. The Morgan fingerprint density at radius 3 is 2.40 bits per heavy atom. The van der Waals surface area contributed by atoms with Crippen LogP contribution < -0.4 is 5.32 Å². The fourth-order valence-corrected chi connectivity index (χ4v) is 2.13. The first-order chi connectivity index (χ1) is 4.52. The van der Waals surface area contributed by atoms with E-state index in [1.165, 1.54) is 0 Å². The van der Waals surface area contributed by atoms with Gasteiger partial charge in [-0.05, 0) is 5.41 Å². The van der Waals surface area contributed by atoms with E-state index in [4.69, 9.17) is 0 Å². The van der Waals surface area contributed by atoms with E-state index in [9.17, 15) is 4.79 Å². The van der Waals surface area contributed by atoms with Crippen LogP contribution in [0.4, 0.5) is 0 Å². The summed E-state index contributed by atoms with van der Waals surface area (Å²) >= 11 is 1.70. The van der Waals surface area contributed by atoms with Gasteiger partial charge in [-0.25, -0.2) is 0 Å². The van der Waals surface area contributed by atoms with E-state index >= 15 is 0 Å². The fraction of sp³-hybridized carbons (Fsp3) is 0.857. The van der Waals surface area contributed by atoms with Crippen LogP contribution in [0.1, 0.15) is 20.8 Å². The second-order valence-electron chi connectivity index (χ2n) is 3.60. The van der Waals surface area contributed by atoms with Crippen LogP contribution in [0.5, 0.6) is 0 Å². The molecule has 1 saturated heterocycles. The molecule has 0 spiro atoms. The summed E-state index contributed by atoms with van der Waals surface area (Å²) in [5.74, 6) is 0.971. The average Bonchev–Trinajstić information content (AvgIpc) is 2.11. The van der Waals surface area contributed by atoms with Crippen LogP contribution in [0.2, 0.25) is 0 Å². The summed E-state index contributed by atoms with van der Waals surface area (Å²) < 4.78 is 0. The minimum absolute atomic E-state index is 0.102. The van der Waals surface area contributed by atoms with Crippen molar-refractivity contribution in [3.63, 3.8) is 0 Å². The lowest BCUT2D eigenvalue weighted by Gasteiger charge is -2.22. The minimum atomic E-state index is 0.102. The van der Waals surface area contributed by atoms with Crippen LogP contribution in [0.15, 0.2) is 0 Å². The molecule has 10 heavy (non-hydrogen) atoms. The Morgan fingerprint density at radius 2 is 2.20 bits per heavy atom. The van der Waals surface area contributed by atoms with Crippen molar-refractivity contribution in [2.24, 2.45) is 5.41 Å². The van der Waals surface area contributed by atoms with Crippen LogP contribution in [0.3, 0.4) is 0 Å². The van der Waals surface area contributed by atoms with Gasteiger partial charge in [0.1, 0.15) is 0 Å². The highest BCUT2D eigenvalue weighted by molar-refractivity contribution is 8.01. The zero-order valence-electron chi connectivity index (χ0n) is 6.60. The summed E-state index contributed by atoms with van der Waals surface area (Å²) in [7, 11) is 0. The van der Waals surface area contributed by atoms with Crippen LogP contribution in [0, 0.1) is 5.41 Å². The minimum Gasteiger partial charge on any atom is -0.346 e. The third-order valence-corrected chi connectivity index (χ3v) is 3.09. The predicted molar refractivity (Wildman–Crippen MR) is 43.8 cm³/mol. The Hall–Kier alpha value is -0.180. The van der Waals surface area contributed by atoms with E-state index in [2.05, 4.69) is 26.1 Å². The maximum absolute atomic E-state index is 11.1. The lowest BCUT2D eigenvalue weighted by molar-refractivity contribution is -0.121. The number of hydrogen-bond acceptors (Lipinski definition) is 2. The van der Waals surface area contributed by atoms with Crippen molar-refractivity contribution in [3.05, 3.63) is 0 Å². The van der Waals surface area contributed by atoms with Gasteiger partial charge in [0, 0.05) is 0 Å². The second-order valence-corrected chi connectivity index (χ2v) is 4.69. The molecule has 0 aromatic carbocycles. The number of carbonyl (C=O) groups excluding carboxylic acids is 1. The van der Waals surface area contributed by atoms with Crippen molar-refractivity contribution in [2.75, 3.05) is 5.88 Å². The highest BCUT2D eigenvalue weighted by Gasteiger charge is 2.35. The average molecular weight is 159 g/mol. The first-order valence-electron chi connectivity index (χ1n) is 3.41. The molecule has 0 aliphatic carbocycles. The Morgan fingerprint density at radius 1 is 1.60 bits per heavy atom. The molecule has 1 fully saturated rings. The van der Waals surface area contributed by atoms with Crippen molar-refractivity contribution in [1.82, 2.24) is 5.32 Å². The Balaban J connectivity index is 2.64. The quantitative estimate of drug-likeness (QED) is 0.576. The number of thioether (sulfide) groups is 1. The summed E-state index contributed by atoms with van der Waals surface area (Å²) in [6, 6.07) is 0. The number of amides is 1. The molecule has 1 atom stereocenters. The van der Waals surface area contributed by atoms with Gasteiger partial charge in [0.2, 0.25) is 5.91 Å². The molecule has 0 aromatic heterocycles. The zero-order chi connectivity index (χ0) is 7.78. The molecule has 58 valence electrons. The van der Waals surface area contributed by atoms with Crippen molar-refractivity contribution in [3.8, 4) is 0 Å². The topological polar surface area (TPSA) is 29.1 Å². The summed E-state index contributed by atoms with van der Waals surface area (Å²) in [4.78, 5) is 11.1. The fourth-order valence-electron chi connectivity index (χ4n) is 1.01. The lowest BCUT2D eigenvalue weighted by atomic mass is 9.91. The monoisotopic (exact) mass is 159 g/mol. The van der Waals surface area contributed by atoms with Gasteiger partial charge < -0.3 is 5.32 Å². The van der Waals surface area contributed by atoms with E-state index in [0.29, 0.717) is 0 Å². The molecule has 1 aliphatic rings. The van der Waals surface area contributed by atoms with Gasteiger partial charge in [0.25, 0.3) is 0 Å². The summed E-state index contributed by atoms with van der Waals surface area (Å²) in [5.41, 5.74) is 0.102. The van der Waals surface area contributed by atoms with Gasteiger partial charge in [0.15, 0.2) is 0 Å². The predicted octanol–water partition coefficient (Wildman–Crippen LogP) is 1.22. The smallest absolute Gasteiger partial charge is 0.234 e. The molecule has 1 amide bonds. The maximum Gasteiger partial charge on any atom is 0.234 e. The van der Waals surface area contributed by atoms with Crippen LogP contribution >= 0.6 is 11.8 Å². The number of carbonyl (C=O) groups is 1. The summed E-state index contributed by atoms with van der Waals surface area (Å²) in [6.07, 6.45) is 0. The molecule has 0 saturated carbocycles. The highest BCUT2D eigenvalue weighted by Crippen LogP contribution is 2.32. The number of nitrogens with one attached hydrogen (secondary N) is 1. The molecule has 1 rings (SSSR count). The maximum atomic E-state index is 11.1. The van der Waals surface area contributed by atoms with E-state index < -0.39 is 0 Å². The molecule has 3 heteroatoms. The van der Waals surface area contributed by atoms with Gasteiger partial charge in [-0.2, -0.15) is 0 Å². The molecule has 1 unspecified atom stereocenters. The molecule has 2 nitrogen and oxygen atoms in total. The highest BCUT2D eigenvalue weighted by atomic mass is 32.2. The SMILES string of the molecule is CC(C)(C)C1SCNC1=O. The second kappa shape index (κ2) is 2.46. The van der Waals surface area contributed by atoms with Gasteiger partial charge in [-0.3, -0.25) is 4.79 Å². The van der Waals surface area contributed by atoms with Crippen molar-refractivity contribution in [1.29, 1.82) is 0 Å². The normalized spacial score (nSPS) is 26.7. The van der Waals surface area contributed by atoms with Crippen LogP contribution in [0.25, 0.3) is 0 Å². The van der Waals surface area contributed by atoms with Crippen molar-refractivity contribution in [2.45, 2.75) is 26.0 Å². The summed E-state index contributed by atoms with van der Waals surface area (Å²) in [5, 5.41) is 2.95. The largest absolute Gasteiger partial charge is 0.346 e. The third-order valence-electron chi connectivity index (χ3n) is 1.52. The first-order valence-corrected chi connectivity index (χ1v) is 4.46. The standard InChI is InChI=1S/C7H13NOS/c1-7(2,3)5-6(9)8-4-10-5/h5H,4H2,1-3H3,(H,8,9). The van der Waals surface area contributed by atoms with Crippen LogP contribution in [-0.4, -0.2) is 17.0 Å². The van der Waals surface area contributed by atoms with Crippen molar-refractivity contribution < 1.29 is 4.79 Å². The Kier molecular flexibility index (Phi) is 1.95. The lowest BCUT2D eigenvalue weighted by Crippen LogP contribution is -2.32. The molecule has 1 aliphatic heterocycles. The van der Waals surface area contributed by atoms with Crippen molar-refractivity contribution >= 4 is 17.7 Å².